The largest absolute Gasteiger partial charge is 0.461 e. The van der Waals surface area contributed by atoms with E-state index in [1.165, 1.54) is 74.3 Å². The second-order valence-corrected chi connectivity index (χ2v) is 15.6. The lowest BCUT2D eigenvalue weighted by Gasteiger charge is -2.24. The highest BCUT2D eigenvalue weighted by atomic mass is 16.7. The van der Waals surface area contributed by atoms with Crippen LogP contribution >= 0.6 is 0 Å². The number of benzene rings is 2. The first-order valence-electron chi connectivity index (χ1n) is 22.0. The van der Waals surface area contributed by atoms with Gasteiger partial charge in [-0.05, 0) is 63.0 Å². The molecule has 1 saturated heterocycles. The van der Waals surface area contributed by atoms with Gasteiger partial charge in [0.2, 0.25) is 11.8 Å². The van der Waals surface area contributed by atoms with Crippen molar-refractivity contribution >= 4 is 23.7 Å². The molecule has 3 rings (SSSR count). The van der Waals surface area contributed by atoms with Crippen molar-refractivity contribution in [3.8, 4) is 0 Å². The smallest absolute Gasteiger partial charge is 0.323 e. The van der Waals surface area contributed by atoms with Crippen molar-refractivity contribution in [3.05, 3.63) is 71.8 Å². The van der Waals surface area contributed by atoms with E-state index in [9.17, 15) is 19.2 Å². The first-order valence-corrected chi connectivity index (χ1v) is 22.0. The number of unbranched alkanes of at least 4 members (excludes halogenated alkanes) is 13. The number of nitrogens with zero attached hydrogens (tertiary/aromatic N) is 2. The van der Waals surface area contributed by atoms with Crippen molar-refractivity contribution in [3.63, 3.8) is 0 Å². The van der Waals surface area contributed by atoms with E-state index < -0.39 is 24.2 Å². The zero-order valence-corrected chi connectivity index (χ0v) is 35.0. The minimum absolute atomic E-state index is 0.0252. The molecule has 1 fully saturated rings. The highest BCUT2D eigenvalue weighted by molar-refractivity contribution is 5.87. The number of hydrogen-bond acceptors (Lipinski definition) is 8. The monoisotopic (exact) mass is 793 g/mol. The maximum atomic E-state index is 13.2. The predicted octanol–water partition coefficient (Wildman–Crippen LogP) is 8.88. The summed E-state index contributed by atoms with van der Waals surface area (Å²) in [5.41, 5.74) is 8.12. The van der Waals surface area contributed by atoms with Crippen LogP contribution in [0.1, 0.15) is 160 Å². The normalized spacial score (nSPS) is 15.5. The average Bonchev–Trinajstić information content (AvgIpc) is 3.38. The number of ether oxygens (including phenoxy) is 1. The summed E-state index contributed by atoms with van der Waals surface area (Å²) in [7, 11) is 0. The van der Waals surface area contributed by atoms with Gasteiger partial charge < -0.3 is 15.8 Å². The van der Waals surface area contributed by atoms with E-state index in [0.29, 0.717) is 51.8 Å². The van der Waals surface area contributed by atoms with Crippen molar-refractivity contribution in [1.29, 1.82) is 0 Å². The van der Waals surface area contributed by atoms with Crippen LogP contribution in [0.4, 0.5) is 0 Å². The van der Waals surface area contributed by atoms with Crippen molar-refractivity contribution in [2.24, 2.45) is 5.73 Å². The van der Waals surface area contributed by atoms with Crippen LogP contribution in [0.15, 0.2) is 60.7 Å². The van der Waals surface area contributed by atoms with E-state index in [1.54, 1.807) is 6.92 Å². The molecule has 0 aromatic heterocycles. The molecule has 11 nitrogen and oxygen atoms in total. The maximum Gasteiger partial charge on any atom is 0.323 e. The average molecular weight is 793 g/mol. The van der Waals surface area contributed by atoms with E-state index in [0.717, 1.165) is 43.2 Å². The van der Waals surface area contributed by atoms with E-state index in [2.05, 4.69) is 12.2 Å². The van der Waals surface area contributed by atoms with Crippen LogP contribution < -0.4 is 11.1 Å². The first kappa shape index (κ1) is 47.6. The molecule has 0 aliphatic carbocycles. The Morgan fingerprint density at radius 1 is 0.789 bits per heavy atom. The zero-order chi connectivity index (χ0) is 40.9. The Kier molecular flexibility index (Phi) is 24.6. The fourth-order valence-electron chi connectivity index (χ4n) is 6.99. The highest BCUT2D eigenvalue weighted by Crippen LogP contribution is 2.17. The molecule has 2 aromatic carbocycles. The summed E-state index contributed by atoms with van der Waals surface area (Å²) >= 11 is 0. The predicted molar refractivity (Wildman–Crippen MR) is 224 cm³/mol. The van der Waals surface area contributed by atoms with Crippen LogP contribution in [0, 0.1) is 0 Å². The summed E-state index contributed by atoms with van der Waals surface area (Å²) in [6.07, 6.45) is 19.5. The van der Waals surface area contributed by atoms with Crippen LogP contribution in [0.25, 0.3) is 0 Å². The number of nitrogens with two attached hydrogens (primary N) is 1. The first-order chi connectivity index (χ1) is 27.8. The van der Waals surface area contributed by atoms with Gasteiger partial charge >= 0.3 is 5.97 Å². The summed E-state index contributed by atoms with van der Waals surface area (Å²) in [4.78, 5) is 63.9. The summed E-state index contributed by atoms with van der Waals surface area (Å²) in [5, 5.41) is 5.64. The van der Waals surface area contributed by atoms with Gasteiger partial charge in [0, 0.05) is 19.5 Å². The molecule has 3 amide bonds. The fraction of sp³-hybridized carbons (Fsp3) is 0.652. The van der Waals surface area contributed by atoms with Gasteiger partial charge in [-0.25, -0.2) is 10.1 Å². The Morgan fingerprint density at radius 3 is 1.98 bits per heavy atom. The van der Waals surface area contributed by atoms with Crippen molar-refractivity contribution in [2.45, 2.75) is 180 Å². The van der Waals surface area contributed by atoms with Crippen LogP contribution in [-0.4, -0.2) is 65.1 Å². The summed E-state index contributed by atoms with van der Waals surface area (Å²) in [5.74, 6) is -1.28. The molecule has 0 bridgehead atoms. The lowest BCUT2D eigenvalue weighted by Crippen LogP contribution is -2.48. The van der Waals surface area contributed by atoms with Gasteiger partial charge in [-0.1, -0.05) is 145 Å². The Labute approximate surface area is 342 Å². The van der Waals surface area contributed by atoms with E-state index in [4.69, 9.17) is 20.1 Å². The molecule has 0 spiro atoms. The van der Waals surface area contributed by atoms with Crippen LogP contribution in [-0.2, 0) is 46.8 Å². The molecule has 0 radical (unpaired) electrons. The molecule has 1 aliphatic rings. The van der Waals surface area contributed by atoms with Gasteiger partial charge in [0.15, 0.2) is 0 Å². The van der Waals surface area contributed by atoms with Gasteiger partial charge in [-0.2, -0.15) is 0 Å². The third-order valence-electron chi connectivity index (χ3n) is 10.4. The Morgan fingerprint density at radius 2 is 1.37 bits per heavy atom. The molecule has 3 atom stereocenters. The van der Waals surface area contributed by atoms with E-state index >= 15 is 0 Å². The van der Waals surface area contributed by atoms with Crippen LogP contribution in [0.2, 0.25) is 0 Å². The zero-order valence-electron chi connectivity index (χ0n) is 35.0. The molecular weight excluding hydrogens is 721 g/mol. The molecule has 1 aliphatic heterocycles. The number of rotatable bonds is 30. The van der Waals surface area contributed by atoms with Gasteiger partial charge in [-0.3, -0.25) is 28.9 Å². The SMILES string of the molecule is CCCCCCCCCCCCCCCC(=O)N(CCCC[C@H](N)C(=O)O[C@H](C)CC(=O)N[C@H]1CCCCN(OCc2ccccc2)C1=O)OCc1ccccc1. The Bertz CT molecular complexity index is 1400. The van der Waals surface area contributed by atoms with E-state index in [1.807, 2.05) is 60.7 Å². The number of hydroxylamine groups is 4. The van der Waals surface area contributed by atoms with Gasteiger partial charge in [0.05, 0.1) is 6.42 Å². The second kappa shape index (κ2) is 29.4. The molecule has 3 N–H and O–H groups in total. The second-order valence-electron chi connectivity index (χ2n) is 15.6. The lowest BCUT2D eigenvalue weighted by molar-refractivity contribution is -0.192. The lowest BCUT2D eigenvalue weighted by atomic mass is 10.0. The molecular formula is C46H72N4O7. The molecule has 2 aromatic rings. The number of nitrogens with one attached hydrogen (secondary N) is 1. The number of carbonyl (C=O) groups excluding carboxylic acids is 4. The minimum atomic E-state index is -0.866. The maximum absolute atomic E-state index is 13.2. The van der Waals surface area contributed by atoms with Gasteiger partial charge in [0.1, 0.15) is 31.4 Å². The minimum Gasteiger partial charge on any atom is -0.461 e. The molecule has 11 heteroatoms. The highest BCUT2D eigenvalue weighted by Gasteiger charge is 2.30. The summed E-state index contributed by atoms with van der Waals surface area (Å²) < 4.78 is 5.51. The van der Waals surface area contributed by atoms with Crippen molar-refractivity contribution < 1.29 is 33.6 Å². The van der Waals surface area contributed by atoms with Crippen LogP contribution in [0.5, 0.6) is 0 Å². The fourth-order valence-corrected chi connectivity index (χ4v) is 6.99. The molecule has 1 heterocycles. The number of amides is 3. The number of esters is 1. The standard InChI is InChI=1S/C46H72N4O7/c1-3-4-5-6-7-8-9-10-11-12-13-14-21-32-44(52)49(55-36-39-26-17-15-18-27-39)33-24-22-30-41(47)46(54)57-38(2)35-43(51)48-42-31-23-25-34-50(45(42)53)56-37-40-28-19-16-20-29-40/h15-20,26-29,38,41-42H,3-14,21-25,30-37,47H2,1-2H3,(H,48,51)/t38-,41+,42+/m1/s1. The third-order valence-corrected chi connectivity index (χ3v) is 10.4. The van der Waals surface area contributed by atoms with Crippen molar-refractivity contribution in [1.82, 2.24) is 15.4 Å². The van der Waals surface area contributed by atoms with Gasteiger partial charge in [0.25, 0.3) is 5.91 Å². The van der Waals surface area contributed by atoms with Gasteiger partial charge in [-0.15, -0.1) is 0 Å². The number of hydrogen-bond donors (Lipinski definition) is 2. The molecule has 0 saturated carbocycles. The molecule has 318 valence electrons. The Hall–Kier alpha value is -3.80. The van der Waals surface area contributed by atoms with Crippen LogP contribution in [0.3, 0.4) is 0 Å². The number of carbonyl (C=O) groups is 4. The Balaban J connectivity index is 1.32. The third kappa shape index (κ3) is 21.0. The topological polar surface area (TPSA) is 140 Å². The summed E-state index contributed by atoms with van der Waals surface area (Å²) in [6, 6.07) is 17.8. The summed E-state index contributed by atoms with van der Waals surface area (Å²) in [6.45, 7) is 5.32. The van der Waals surface area contributed by atoms with Crippen molar-refractivity contribution in [2.75, 3.05) is 13.1 Å². The quantitative estimate of drug-likeness (QED) is 0.0454. The molecule has 0 unspecified atom stereocenters. The molecule has 57 heavy (non-hydrogen) atoms. The van der Waals surface area contributed by atoms with E-state index in [-0.39, 0.29) is 30.7 Å².